The number of nitrogens with one attached hydrogen (secondary N) is 1. The summed E-state index contributed by atoms with van der Waals surface area (Å²) in [4.78, 5) is 37.9. The molecule has 2 fully saturated rings. The highest BCUT2D eigenvalue weighted by Crippen LogP contribution is 2.29. The van der Waals surface area contributed by atoms with E-state index in [1.807, 2.05) is 21.7 Å². The molecule has 0 spiro atoms. The summed E-state index contributed by atoms with van der Waals surface area (Å²) < 4.78 is 0. The van der Waals surface area contributed by atoms with Crippen LogP contribution in [0.2, 0.25) is 0 Å². The predicted octanol–water partition coefficient (Wildman–Crippen LogP) is 3.08. The van der Waals surface area contributed by atoms with Gasteiger partial charge in [-0.2, -0.15) is 11.3 Å². The number of fused-ring (bicyclic) bond motifs is 1. The molecule has 6 nitrogen and oxygen atoms in total. The van der Waals surface area contributed by atoms with Crippen LogP contribution in [0.3, 0.4) is 0 Å². The fourth-order valence-electron chi connectivity index (χ4n) is 5.32. The minimum Gasteiger partial charge on any atom is -0.342 e. The number of H-pyrrole nitrogens is 1. The standard InChI is InChI=1S/C23H30N4O2S/c28-21(12-16-8-11-30-15-16)27-9-6-17(13-27)22-24-20-14-26(18-4-2-1-3-5-18)10-7-19(20)23(29)25-22/h8,11,15,17-18H,1-7,9-10,12-14H2,(H,24,25,29)/t17-/m1/s1. The number of aromatic nitrogens is 2. The van der Waals surface area contributed by atoms with E-state index >= 15 is 0 Å². The summed E-state index contributed by atoms with van der Waals surface area (Å²) in [6.45, 7) is 3.15. The summed E-state index contributed by atoms with van der Waals surface area (Å²) in [5.41, 5.74) is 2.95. The van der Waals surface area contributed by atoms with Gasteiger partial charge in [0.15, 0.2) is 0 Å². The Morgan fingerprint density at radius 1 is 1.20 bits per heavy atom. The highest BCUT2D eigenvalue weighted by atomic mass is 32.1. The molecule has 0 unspecified atom stereocenters. The molecule has 30 heavy (non-hydrogen) atoms. The zero-order valence-corrected chi connectivity index (χ0v) is 18.3. The van der Waals surface area contributed by atoms with E-state index < -0.39 is 0 Å². The average molecular weight is 427 g/mol. The van der Waals surface area contributed by atoms with Gasteiger partial charge in [0.05, 0.1) is 12.1 Å². The molecular formula is C23H30N4O2S. The number of thiophene rings is 1. The average Bonchev–Trinajstić information content (AvgIpc) is 3.46. The van der Waals surface area contributed by atoms with Crippen LogP contribution in [0.5, 0.6) is 0 Å². The van der Waals surface area contributed by atoms with Crippen molar-refractivity contribution < 1.29 is 4.79 Å². The minimum absolute atomic E-state index is 0.0290. The van der Waals surface area contributed by atoms with Gasteiger partial charge in [0.25, 0.3) is 5.56 Å². The first-order valence-electron chi connectivity index (χ1n) is 11.3. The van der Waals surface area contributed by atoms with E-state index in [1.165, 1.54) is 32.1 Å². The lowest BCUT2D eigenvalue weighted by Gasteiger charge is -2.37. The smallest absolute Gasteiger partial charge is 0.254 e. The third-order valence-electron chi connectivity index (χ3n) is 7.08. The second-order valence-corrected chi connectivity index (χ2v) is 9.80. The quantitative estimate of drug-likeness (QED) is 0.816. The second kappa shape index (κ2) is 8.63. The molecule has 1 N–H and O–H groups in total. The van der Waals surface area contributed by atoms with Gasteiger partial charge in [-0.05, 0) is 48.1 Å². The second-order valence-electron chi connectivity index (χ2n) is 9.02. The molecule has 4 heterocycles. The van der Waals surface area contributed by atoms with Gasteiger partial charge in [-0.15, -0.1) is 0 Å². The molecule has 1 atom stereocenters. The Morgan fingerprint density at radius 3 is 2.87 bits per heavy atom. The predicted molar refractivity (Wildman–Crippen MR) is 118 cm³/mol. The van der Waals surface area contributed by atoms with Crippen LogP contribution in [0.4, 0.5) is 0 Å². The Labute approximate surface area is 181 Å². The Kier molecular flexibility index (Phi) is 5.74. The largest absolute Gasteiger partial charge is 0.342 e. The summed E-state index contributed by atoms with van der Waals surface area (Å²) in [5.74, 6) is 1.06. The molecule has 7 heteroatoms. The lowest BCUT2D eigenvalue weighted by Crippen LogP contribution is -2.42. The van der Waals surface area contributed by atoms with Gasteiger partial charge in [0.1, 0.15) is 5.82 Å². The minimum atomic E-state index is 0.0290. The van der Waals surface area contributed by atoms with Crippen molar-refractivity contribution in [1.29, 1.82) is 0 Å². The highest BCUT2D eigenvalue weighted by molar-refractivity contribution is 7.08. The molecular weight excluding hydrogens is 396 g/mol. The lowest BCUT2D eigenvalue weighted by molar-refractivity contribution is -0.129. The van der Waals surface area contributed by atoms with Crippen molar-refractivity contribution in [2.75, 3.05) is 19.6 Å². The number of hydrogen-bond donors (Lipinski definition) is 1. The van der Waals surface area contributed by atoms with Crippen molar-refractivity contribution in [3.05, 3.63) is 49.8 Å². The Balaban J connectivity index is 1.28. The Morgan fingerprint density at radius 2 is 2.07 bits per heavy atom. The zero-order chi connectivity index (χ0) is 20.5. The summed E-state index contributed by atoms with van der Waals surface area (Å²) >= 11 is 1.62. The Bertz CT molecular complexity index is 949. The number of aromatic amines is 1. The van der Waals surface area contributed by atoms with E-state index in [9.17, 15) is 9.59 Å². The Hall–Kier alpha value is -1.99. The topological polar surface area (TPSA) is 69.3 Å². The van der Waals surface area contributed by atoms with Crippen molar-refractivity contribution >= 4 is 17.2 Å². The van der Waals surface area contributed by atoms with Gasteiger partial charge < -0.3 is 9.88 Å². The third-order valence-corrected chi connectivity index (χ3v) is 7.81. The molecule has 5 rings (SSSR count). The van der Waals surface area contributed by atoms with Crippen LogP contribution in [-0.2, 0) is 24.2 Å². The van der Waals surface area contributed by atoms with E-state index in [-0.39, 0.29) is 17.4 Å². The molecule has 1 saturated heterocycles. The van der Waals surface area contributed by atoms with Gasteiger partial charge in [0, 0.05) is 43.7 Å². The molecule has 2 aromatic heterocycles. The van der Waals surface area contributed by atoms with Crippen LogP contribution in [0, 0.1) is 0 Å². The molecule has 1 aliphatic carbocycles. The van der Waals surface area contributed by atoms with Crippen LogP contribution >= 0.6 is 11.3 Å². The monoisotopic (exact) mass is 426 g/mol. The van der Waals surface area contributed by atoms with Crippen LogP contribution in [0.1, 0.15) is 67.1 Å². The molecule has 1 amide bonds. The normalized spacial score (nSPS) is 22.9. The number of likely N-dealkylation sites (tertiary alicyclic amines) is 1. The van der Waals surface area contributed by atoms with Crippen LogP contribution in [0.25, 0.3) is 0 Å². The van der Waals surface area contributed by atoms with Gasteiger partial charge in [-0.25, -0.2) is 4.98 Å². The molecule has 3 aliphatic rings. The van der Waals surface area contributed by atoms with E-state index in [0.717, 1.165) is 55.1 Å². The number of carbonyl (C=O) groups is 1. The number of nitrogens with zero attached hydrogens (tertiary/aromatic N) is 3. The fraction of sp³-hybridized carbons (Fsp3) is 0.609. The van der Waals surface area contributed by atoms with Crippen molar-refractivity contribution in [2.24, 2.45) is 0 Å². The molecule has 1 saturated carbocycles. The van der Waals surface area contributed by atoms with E-state index in [2.05, 4.69) is 9.88 Å². The van der Waals surface area contributed by atoms with Crippen molar-refractivity contribution in [2.45, 2.75) is 69.9 Å². The third kappa shape index (κ3) is 4.10. The summed E-state index contributed by atoms with van der Waals surface area (Å²) in [5, 5.41) is 4.04. The first-order chi connectivity index (χ1) is 14.7. The highest BCUT2D eigenvalue weighted by Gasteiger charge is 2.32. The SMILES string of the molecule is O=C(Cc1ccsc1)N1CC[C@@H](c2nc3c(c(=O)[nH]2)CCN(C2CCCCC2)C3)C1. The maximum absolute atomic E-state index is 12.8. The van der Waals surface area contributed by atoms with Gasteiger partial charge in [-0.3, -0.25) is 14.5 Å². The fourth-order valence-corrected chi connectivity index (χ4v) is 5.99. The van der Waals surface area contributed by atoms with Crippen molar-refractivity contribution in [3.8, 4) is 0 Å². The maximum Gasteiger partial charge on any atom is 0.254 e. The van der Waals surface area contributed by atoms with Gasteiger partial charge in [-0.1, -0.05) is 19.3 Å². The summed E-state index contributed by atoms with van der Waals surface area (Å²) in [7, 11) is 0. The number of hydrogen-bond acceptors (Lipinski definition) is 5. The molecule has 160 valence electrons. The molecule has 2 aromatic rings. The van der Waals surface area contributed by atoms with Crippen molar-refractivity contribution in [3.63, 3.8) is 0 Å². The number of amides is 1. The molecule has 0 bridgehead atoms. The molecule has 0 aromatic carbocycles. The van der Waals surface area contributed by atoms with Crippen LogP contribution < -0.4 is 5.56 Å². The molecule has 0 radical (unpaired) electrons. The summed E-state index contributed by atoms with van der Waals surface area (Å²) in [6.07, 6.45) is 8.66. The zero-order valence-electron chi connectivity index (χ0n) is 17.4. The van der Waals surface area contributed by atoms with Gasteiger partial charge in [0.2, 0.25) is 5.91 Å². The summed E-state index contributed by atoms with van der Waals surface area (Å²) in [6, 6.07) is 2.66. The van der Waals surface area contributed by atoms with Crippen molar-refractivity contribution in [1.82, 2.24) is 19.8 Å². The lowest BCUT2D eigenvalue weighted by atomic mass is 9.92. The van der Waals surface area contributed by atoms with Crippen LogP contribution in [-0.4, -0.2) is 51.4 Å². The first-order valence-corrected chi connectivity index (χ1v) is 12.3. The number of rotatable bonds is 4. The first kappa shape index (κ1) is 19.9. The molecule has 2 aliphatic heterocycles. The van der Waals surface area contributed by atoms with Gasteiger partial charge >= 0.3 is 0 Å². The van der Waals surface area contributed by atoms with E-state index in [1.54, 1.807) is 11.3 Å². The van der Waals surface area contributed by atoms with Crippen LogP contribution in [0.15, 0.2) is 21.6 Å². The number of carbonyl (C=O) groups excluding carboxylic acids is 1. The van der Waals surface area contributed by atoms with E-state index in [4.69, 9.17) is 4.98 Å². The maximum atomic E-state index is 12.8. The van der Waals surface area contributed by atoms with E-state index in [0.29, 0.717) is 19.0 Å².